The van der Waals surface area contributed by atoms with Crippen molar-refractivity contribution in [2.24, 2.45) is 0 Å². The molecule has 58 valence electrons. The van der Waals surface area contributed by atoms with Gasteiger partial charge in [-0.2, -0.15) is 0 Å². The van der Waals surface area contributed by atoms with Gasteiger partial charge in [0.25, 0.3) is 0 Å². The van der Waals surface area contributed by atoms with Crippen LogP contribution in [0.25, 0.3) is 0 Å². The molecule has 1 aliphatic rings. The maximum Gasteiger partial charge on any atom is 0.164 e. The van der Waals surface area contributed by atoms with E-state index in [-0.39, 0.29) is 11.9 Å². The number of rotatable bonds is 2. The van der Waals surface area contributed by atoms with Crippen LogP contribution in [0.3, 0.4) is 0 Å². The Kier molecular flexibility index (Phi) is 2.83. The Hall–Kier alpha value is -0.410. The molecule has 0 aromatic heterocycles. The maximum atomic E-state index is 11.0. The van der Waals surface area contributed by atoms with Gasteiger partial charge in [-0.3, -0.25) is 4.79 Å². The van der Waals surface area contributed by atoms with Crippen molar-refractivity contribution in [3.63, 3.8) is 0 Å². The van der Waals surface area contributed by atoms with Crippen LogP contribution in [0.5, 0.6) is 0 Å². The van der Waals surface area contributed by atoms with Crippen molar-refractivity contribution in [1.82, 2.24) is 5.32 Å². The van der Waals surface area contributed by atoms with E-state index >= 15 is 0 Å². The first kappa shape index (κ1) is 7.69. The highest BCUT2D eigenvalue weighted by atomic mass is 16.5. The molecule has 1 heterocycles. The summed E-state index contributed by atoms with van der Waals surface area (Å²) < 4.78 is 5.18. The fraction of sp³-hybridized carbons (Fsp3) is 0.857. The van der Waals surface area contributed by atoms with Gasteiger partial charge in [0, 0.05) is 26.1 Å². The van der Waals surface area contributed by atoms with E-state index in [1.165, 1.54) is 0 Å². The number of carbonyl (C=O) groups excluding carboxylic acids is 1. The van der Waals surface area contributed by atoms with E-state index in [2.05, 4.69) is 5.32 Å². The van der Waals surface area contributed by atoms with Gasteiger partial charge in [0.2, 0.25) is 0 Å². The van der Waals surface area contributed by atoms with E-state index in [9.17, 15) is 4.79 Å². The molecule has 1 aliphatic heterocycles. The number of piperidine rings is 1. The van der Waals surface area contributed by atoms with Crippen molar-refractivity contribution >= 4 is 5.78 Å². The molecule has 1 fully saturated rings. The van der Waals surface area contributed by atoms with Crippen molar-refractivity contribution in [1.29, 1.82) is 0 Å². The van der Waals surface area contributed by atoms with Crippen LogP contribution in [-0.4, -0.2) is 31.6 Å². The number of ether oxygens (including phenoxy) is 1. The first-order valence-electron chi connectivity index (χ1n) is 3.69. The molecule has 1 atom stereocenters. The van der Waals surface area contributed by atoms with Crippen LogP contribution in [0.2, 0.25) is 0 Å². The van der Waals surface area contributed by atoms with Gasteiger partial charge < -0.3 is 10.1 Å². The first-order chi connectivity index (χ1) is 4.84. The lowest BCUT2D eigenvalue weighted by molar-refractivity contribution is -0.131. The first-order valence-corrected chi connectivity index (χ1v) is 3.69. The molecule has 0 aliphatic carbocycles. The Morgan fingerprint density at radius 3 is 3.20 bits per heavy atom. The lowest BCUT2D eigenvalue weighted by Crippen LogP contribution is -2.42. The fourth-order valence-electron chi connectivity index (χ4n) is 1.07. The van der Waals surface area contributed by atoms with E-state index in [1.54, 1.807) is 0 Å². The average Bonchev–Trinajstić information content (AvgIpc) is 1.94. The third kappa shape index (κ3) is 1.78. The molecular formula is C7H13NO2. The second-order valence-corrected chi connectivity index (χ2v) is 2.36. The van der Waals surface area contributed by atoms with Crippen molar-refractivity contribution in [3.05, 3.63) is 0 Å². The highest BCUT2D eigenvalue weighted by Gasteiger charge is 2.21. The molecular weight excluding hydrogens is 130 g/mol. The zero-order valence-corrected chi connectivity index (χ0v) is 6.22. The van der Waals surface area contributed by atoms with Gasteiger partial charge in [0.05, 0.1) is 0 Å². The summed E-state index contributed by atoms with van der Waals surface area (Å²) in [7, 11) is 0. The minimum Gasteiger partial charge on any atom is -0.369 e. The molecule has 1 saturated heterocycles. The van der Waals surface area contributed by atoms with E-state index in [4.69, 9.17) is 4.74 Å². The Morgan fingerprint density at radius 2 is 2.60 bits per heavy atom. The standard InChI is InChI=1S/C7H13NO2/c1-2-10-7-5-8-4-3-6(7)9/h7-8H,2-5H2,1H3/t7-/m0/s1. The quantitative estimate of drug-likeness (QED) is 0.589. The number of carbonyl (C=O) groups is 1. The number of Topliss-reactive ketones (excluding diaryl/α,β-unsaturated/α-hetero) is 1. The zero-order chi connectivity index (χ0) is 7.40. The minimum absolute atomic E-state index is 0.182. The minimum atomic E-state index is -0.182. The van der Waals surface area contributed by atoms with Crippen LogP contribution in [0.1, 0.15) is 13.3 Å². The SMILES string of the molecule is CCO[C@H]1CNCCC1=O. The van der Waals surface area contributed by atoms with Crippen LogP contribution >= 0.6 is 0 Å². The predicted molar refractivity (Wildman–Crippen MR) is 37.9 cm³/mol. The number of nitrogens with one attached hydrogen (secondary N) is 1. The third-order valence-electron chi connectivity index (χ3n) is 1.60. The Bertz CT molecular complexity index is 123. The van der Waals surface area contributed by atoms with Crippen molar-refractivity contribution < 1.29 is 9.53 Å². The van der Waals surface area contributed by atoms with Crippen molar-refractivity contribution in [2.45, 2.75) is 19.4 Å². The van der Waals surface area contributed by atoms with Gasteiger partial charge in [0.15, 0.2) is 5.78 Å². The molecule has 3 heteroatoms. The Labute approximate surface area is 60.7 Å². The molecule has 0 aromatic carbocycles. The van der Waals surface area contributed by atoms with Gasteiger partial charge in [-0.15, -0.1) is 0 Å². The molecule has 0 spiro atoms. The summed E-state index contributed by atoms with van der Waals surface area (Å²) in [4.78, 5) is 11.0. The predicted octanol–water partition coefficient (Wildman–Crippen LogP) is -0.0461. The van der Waals surface area contributed by atoms with Crippen molar-refractivity contribution in [2.75, 3.05) is 19.7 Å². The summed E-state index contributed by atoms with van der Waals surface area (Å²) in [5.41, 5.74) is 0. The lowest BCUT2D eigenvalue weighted by Gasteiger charge is -2.20. The summed E-state index contributed by atoms with van der Waals surface area (Å²) >= 11 is 0. The number of ketones is 1. The Morgan fingerprint density at radius 1 is 1.80 bits per heavy atom. The van der Waals surface area contributed by atoms with Gasteiger partial charge in [-0.1, -0.05) is 0 Å². The topological polar surface area (TPSA) is 38.3 Å². The molecule has 0 radical (unpaired) electrons. The molecule has 0 bridgehead atoms. The fourth-order valence-corrected chi connectivity index (χ4v) is 1.07. The molecule has 1 N–H and O–H groups in total. The van der Waals surface area contributed by atoms with E-state index in [0.29, 0.717) is 19.6 Å². The van der Waals surface area contributed by atoms with Gasteiger partial charge in [0.1, 0.15) is 6.10 Å². The normalized spacial score (nSPS) is 26.9. The second kappa shape index (κ2) is 3.68. The van der Waals surface area contributed by atoms with Crippen LogP contribution < -0.4 is 5.32 Å². The molecule has 0 aromatic rings. The molecule has 0 saturated carbocycles. The van der Waals surface area contributed by atoms with Crippen LogP contribution in [0.4, 0.5) is 0 Å². The van der Waals surface area contributed by atoms with Crippen molar-refractivity contribution in [3.8, 4) is 0 Å². The van der Waals surface area contributed by atoms with Crippen LogP contribution in [0, 0.1) is 0 Å². The highest BCUT2D eigenvalue weighted by molar-refractivity contribution is 5.84. The second-order valence-electron chi connectivity index (χ2n) is 2.36. The monoisotopic (exact) mass is 143 g/mol. The summed E-state index contributed by atoms with van der Waals surface area (Å²) in [6.45, 7) is 4.02. The molecule has 0 unspecified atom stereocenters. The number of hydrogen-bond acceptors (Lipinski definition) is 3. The summed E-state index contributed by atoms with van der Waals surface area (Å²) in [6.07, 6.45) is 0.434. The summed E-state index contributed by atoms with van der Waals surface area (Å²) in [6, 6.07) is 0. The summed E-state index contributed by atoms with van der Waals surface area (Å²) in [5, 5.41) is 3.10. The average molecular weight is 143 g/mol. The molecule has 3 nitrogen and oxygen atoms in total. The maximum absolute atomic E-state index is 11.0. The largest absolute Gasteiger partial charge is 0.369 e. The number of hydrogen-bond donors (Lipinski definition) is 1. The summed E-state index contributed by atoms with van der Waals surface area (Å²) in [5.74, 6) is 0.237. The smallest absolute Gasteiger partial charge is 0.164 e. The van der Waals surface area contributed by atoms with Crippen LogP contribution in [-0.2, 0) is 9.53 Å². The van der Waals surface area contributed by atoms with Crippen LogP contribution in [0.15, 0.2) is 0 Å². The lowest BCUT2D eigenvalue weighted by atomic mass is 10.1. The van der Waals surface area contributed by atoms with E-state index < -0.39 is 0 Å². The van der Waals surface area contributed by atoms with Gasteiger partial charge in [-0.25, -0.2) is 0 Å². The molecule has 10 heavy (non-hydrogen) atoms. The molecule has 1 rings (SSSR count). The highest BCUT2D eigenvalue weighted by Crippen LogP contribution is 2.00. The van der Waals surface area contributed by atoms with Gasteiger partial charge in [-0.05, 0) is 6.92 Å². The van der Waals surface area contributed by atoms with Gasteiger partial charge >= 0.3 is 0 Å². The van der Waals surface area contributed by atoms with E-state index in [1.807, 2.05) is 6.92 Å². The zero-order valence-electron chi connectivity index (χ0n) is 6.22. The Balaban J connectivity index is 2.32. The van der Waals surface area contributed by atoms with E-state index in [0.717, 1.165) is 6.54 Å². The third-order valence-corrected chi connectivity index (χ3v) is 1.60. The molecule has 0 amide bonds.